The highest BCUT2D eigenvalue weighted by atomic mass is 16.5. The summed E-state index contributed by atoms with van der Waals surface area (Å²) < 4.78 is 16.4. The maximum Gasteiger partial charge on any atom is 0.344 e. The van der Waals surface area contributed by atoms with E-state index >= 15 is 0 Å². The molecule has 0 unspecified atom stereocenters. The number of ether oxygens (including phenoxy) is 2. The minimum atomic E-state index is -0.479. The molecular formula is C21H24NO5+. The maximum atomic E-state index is 12.9. The van der Waals surface area contributed by atoms with Crippen LogP contribution in [0.3, 0.4) is 0 Å². The van der Waals surface area contributed by atoms with Gasteiger partial charge >= 0.3 is 5.63 Å². The van der Waals surface area contributed by atoms with E-state index in [-0.39, 0.29) is 5.75 Å². The highest BCUT2D eigenvalue weighted by molar-refractivity contribution is 5.90. The zero-order chi connectivity index (χ0) is 19.7. The van der Waals surface area contributed by atoms with E-state index in [1.807, 2.05) is 21.0 Å². The van der Waals surface area contributed by atoms with Gasteiger partial charge in [0.25, 0.3) is 0 Å². The summed E-state index contributed by atoms with van der Waals surface area (Å²) in [5.74, 6) is 1.30. The molecule has 3 aromatic rings. The number of methoxy groups -OCH3 is 2. The van der Waals surface area contributed by atoms with Crippen molar-refractivity contribution in [3.8, 4) is 28.4 Å². The van der Waals surface area contributed by atoms with Gasteiger partial charge in [0.05, 0.1) is 39.4 Å². The third-order valence-corrected chi connectivity index (χ3v) is 4.62. The first-order chi connectivity index (χ1) is 12.9. The first kappa shape index (κ1) is 18.8. The average molecular weight is 370 g/mol. The molecule has 3 rings (SSSR count). The van der Waals surface area contributed by atoms with Gasteiger partial charge in [0.1, 0.15) is 23.8 Å². The van der Waals surface area contributed by atoms with Crippen molar-refractivity contribution in [2.45, 2.75) is 13.5 Å². The molecule has 0 aliphatic rings. The minimum absolute atomic E-state index is 0.123. The number of benzene rings is 2. The summed E-state index contributed by atoms with van der Waals surface area (Å²) in [5, 5.41) is 11.0. The predicted molar refractivity (Wildman–Crippen MR) is 104 cm³/mol. The number of phenols is 1. The van der Waals surface area contributed by atoms with Crippen molar-refractivity contribution in [3.63, 3.8) is 0 Å². The Morgan fingerprint density at radius 2 is 1.85 bits per heavy atom. The number of fused-ring (bicyclic) bond motifs is 1. The van der Waals surface area contributed by atoms with Crippen molar-refractivity contribution in [1.29, 1.82) is 0 Å². The van der Waals surface area contributed by atoms with E-state index in [2.05, 4.69) is 0 Å². The molecule has 142 valence electrons. The maximum absolute atomic E-state index is 12.9. The van der Waals surface area contributed by atoms with Gasteiger partial charge in [-0.05, 0) is 42.8 Å². The number of hydrogen-bond acceptors (Lipinski definition) is 5. The van der Waals surface area contributed by atoms with Crippen LogP contribution in [0.15, 0.2) is 39.5 Å². The Kier molecular flexibility index (Phi) is 5.10. The van der Waals surface area contributed by atoms with E-state index in [4.69, 9.17) is 13.9 Å². The average Bonchev–Trinajstić information content (AvgIpc) is 2.63. The number of aryl methyl sites for hydroxylation is 1. The Labute approximate surface area is 157 Å². The smallest absolute Gasteiger partial charge is 0.344 e. The first-order valence-corrected chi connectivity index (χ1v) is 8.67. The van der Waals surface area contributed by atoms with Gasteiger partial charge in [-0.15, -0.1) is 0 Å². The molecule has 2 N–H and O–H groups in total. The van der Waals surface area contributed by atoms with Crippen LogP contribution in [-0.2, 0) is 6.54 Å². The van der Waals surface area contributed by atoms with E-state index in [9.17, 15) is 9.90 Å². The molecule has 2 aromatic carbocycles. The van der Waals surface area contributed by atoms with Crippen LogP contribution >= 0.6 is 0 Å². The fraction of sp³-hybridized carbons (Fsp3) is 0.286. The van der Waals surface area contributed by atoms with E-state index in [1.165, 1.54) is 0 Å². The third-order valence-electron chi connectivity index (χ3n) is 4.62. The van der Waals surface area contributed by atoms with Gasteiger partial charge < -0.3 is 23.9 Å². The molecule has 1 aromatic heterocycles. The molecule has 1 heterocycles. The number of rotatable bonds is 5. The van der Waals surface area contributed by atoms with Crippen molar-refractivity contribution in [3.05, 3.63) is 51.9 Å². The lowest BCUT2D eigenvalue weighted by molar-refractivity contribution is -0.872. The highest BCUT2D eigenvalue weighted by Gasteiger charge is 2.21. The minimum Gasteiger partial charge on any atom is -0.507 e. The molecule has 0 aliphatic carbocycles. The molecule has 0 bridgehead atoms. The molecule has 0 spiro atoms. The number of hydrogen-bond donors (Lipinski definition) is 2. The summed E-state index contributed by atoms with van der Waals surface area (Å²) in [5.41, 5.74) is 2.36. The van der Waals surface area contributed by atoms with Crippen molar-refractivity contribution in [1.82, 2.24) is 0 Å². The monoisotopic (exact) mass is 370 g/mol. The fourth-order valence-corrected chi connectivity index (χ4v) is 3.31. The molecule has 0 aliphatic heterocycles. The van der Waals surface area contributed by atoms with Gasteiger partial charge in [-0.2, -0.15) is 0 Å². The van der Waals surface area contributed by atoms with E-state index < -0.39 is 5.63 Å². The van der Waals surface area contributed by atoms with Crippen LogP contribution in [0.1, 0.15) is 11.1 Å². The second kappa shape index (κ2) is 7.32. The summed E-state index contributed by atoms with van der Waals surface area (Å²) in [6.45, 7) is 2.41. The summed E-state index contributed by atoms with van der Waals surface area (Å²) in [6.07, 6.45) is 0. The van der Waals surface area contributed by atoms with Gasteiger partial charge in [0.15, 0.2) is 5.58 Å². The van der Waals surface area contributed by atoms with Crippen molar-refractivity contribution >= 4 is 11.0 Å². The topological polar surface area (TPSA) is 73.3 Å². The van der Waals surface area contributed by atoms with Crippen LogP contribution in [-0.4, -0.2) is 33.4 Å². The molecule has 0 atom stereocenters. The molecule has 6 nitrogen and oxygen atoms in total. The Hall–Kier alpha value is -2.99. The molecule has 0 saturated heterocycles. The molecule has 27 heavy (non-hydrogen) atoms. The molecular weight excluding hydrogens is 346 g/mol. The molecule has 0 radical (unpaired) electrons. The van der Waals surface area contributed by atoms with Crippen LogP contribution in [0.2, 0.25) is 0 Å². The summed E-state index contributed by atoms with van der Waals surface area (Å²) in [4.78, 5) is 14.0. The fourth-order valence-electron chi connectivity index (χ4n) is 3.31. The van der Waals surface area contributed by atoms with E-state index in [0.717, 1.165) is 15.8 Å². The zero-order valence-electron chi connectivity index (χ0n) is 16.2. The number of nitrogens with one attached hydrogen (secondary N) is 1. The van der Waals surface area contributed by atoms with Crippen LogP contribution in [0.4, 0.5) is 0 Å². The van der Waals surface area contributed by atoms with Gasteiger partial charge in [-0.1, -0.05) is 0 Å². The van der Waals surface area contributed by atoms with E-state index in [0.29, 0.717) is 40.3 Å². The van der Waals surface area contributed by atoms with Crippen molar-refractivity contribution < 1.29 is 23.9 Å². The first-order valence-electron chi connectivity index (χ1n) is 8.67. The predicted octanol–water partition coefficient (Wildman–Crippen LogP) is 2.14. The lowest BCUT2D eigenvalue weighted by atomic mass is 9.97. The Morgan fingerprint density at radius 3 is 2.48 bits per heavy atom. The van der Waals surface area contributed by atoms with Gasteiger partial charge in [0.2, 0.25) is 0 Å². The molecule has 0 fully saturated rings. The lowest BCUT2D eigenvalue weighted by Gasteiger charge is -2.15. The molecule has 0 saturated carbocycles. The lowest BCUT2D eigenvalue weighted by Crippen LogP contribution is -3.04. The third kappa shape index (κ3) is 3.36. The zero-order valence-corrected chi connectivity index (χ0v) is 16.2. The van der Waals surface area contributed by atoms with Crippen LogP contribution in [0.25, 0.3) is 22.1 Å². The molecule has 0 amide bonds. The van der Waals surface area contributed by atoms with Crippen LogP contribution < -0.4 is 20.0 Å². The largest absolute Gasteiger partial charge is 0.507 e. The number of aromatic hydroxyl groups is 1. The van der Waals surface area contributed by atoms with Crippen LogP contribution in [0.5, 0.6) is 17.2 Å². The number of phenolic OH excluding ortho intramolecular Hbond substituents is 1. The number of quaternary nitrogens is 1. The van der Waals surface area contributed by atoms with Gasteiger partial charge in [-0.3, -0.25) is 0 Å². The second-order valence-corrected chi connectivity index (χ2v) is 6.78. The Balaban J connectivity index is 2.35. The van der Waals surface area contributed by atoms with Crippen molar-refractivity contribution in [2.24, 2.45) is 0 Å². The summed E-state index contributed by atoms with van der Waals surface area (Å²) >= 11 is 0. The van der Waals surface area contributed by atoms with E-state index in [1.54, 1.807) is 44.6 Å². The SMILES string of the molecule is COc1ccc(OC)c(-c2c(C)c3ccc(O)c(C[NH+](C)C)c3oc2=O)c1. The highest BCUT2D eigenvalue weighted by Crippen LogP contribution is 2.37. The van der Waals surface area contributed by atoms with Gasteiger partial charge in [0, 0.05) is 10.9 Å². The van der Waals surface area contributed by atoms with Crippen molar-refractivity contribution in [2.75, 3.05) is 28.3 Å². The summed E-state index contributed by atoms with van der Waals surface area (Å²) in [7, 11) is 7.07. The molecule has 6 heteroatoms. The quantitative estimate of drug-likeness (QED) is 0.673. The van der Waals surface area contributed by atoms with Crippen LogP contribution in [0, 0.1) is 6.92 Å². The normalized spacial score (nSPS) is 11.2. The standard InChI is InChI=1S/C21H23NO5/c1-12-14-7-8-17(23)16(11-22(2)3)20(14)27-21(24)19(12)15-10-13(25-4)6-9-18(15)26-5/h6-10,23H,11H2,1-5H3/p+1. The van der Waals surface area contributed by atoms with Gasteiger partial charge in [-0.25, -0.2) is 4.79 Å². The summed E-state index contributed by atoms with van der Waals surface area (Å²) in [6, 6.07) is 8.70. The second-order valence-electron chi connectivity index (χ2n) is 6.78. The Morgan fingerprint density at radius 1 is 1.11 bits per heavy atom. The Bertz CT molecular complexity index is 1050.